The number of benzene rings is 2. The lowest BCUT2D eigenvalue weighted by molar-refractivity contribution is -0.141. The Morgan fingerprint density at radius 2 is 1.76 bits per heavy atom. The van der Waals surface area contributed by atoms with Crippen molar-refractivity contribution in [3.05, 3.63) is 63.9 Å². The first-order valence-corrected chi connectivity index (χ1v) is 15.4. The molecule has 1 atom stereocenters. The van der Waals surface area contributed by atoms with Crippen LogP contribution in [-0.2, 0) is 26.2 Å². The van der Waals surface area contributed by atoms with E-state index >= 15 is 0 Å². The van der Waals surface area contributed by atoms with Crippen molar-refractivity contribution in [3.8, 4) is 0 Å². The van der Waals surface area contributed by atoms with Crippen LogP contribution in [0, 0.1) is 5.82 Å². The minimum Gasteiger partial charge on any atom is -0.352 e. The molecule has 2 amide bonds. The molecule has 0 radical (unpaired) electrons. The Hall–Kier alpha value is -2.36. The van der Waals surface area contributed by atoms with Crippen LogP contribution in [0.1, 0.15) is 57.4 Å². The lowest BCUT2D eigenvalue weighted by Gasteiger charge is -2.32. The van der Waals surface area contributed by atoms with Gasteiger partial charge in [0.2, 0.25) is 21.8 Å². The molecule has 1 aliphatic rings. The van der Waals surface area contributed by atoms with Gasteiger partial charge >= 0.3 is 0 Å². The molecule has 11 heteroatoms. The third-order valence-electron chi connectivity index (χ3n) is 6.71. The molecule has 0 heterocycles. The quantitative estimate of drug-likeness (QED) is 0.354. The largest absolute Gasteiger partial charge is 0.352 e. The van der Waals surface area contributed by atoms with Gasteiger partial charge in [-0.15, -0.1) is 0 Å². The number of halogens is 3. The summed E-state index contributed by atoms with van der Waals surface area (Å²) < 4.78 is 39.3. The third kappa shape index (κ3) is 8.32. The smallest absolute Gasteiger partial charge is 0.243 e. The summed E-state index contributed by atoms with van der Waals surface area (Å²) in [6, 6.07) is 9.53. The van der Waals surface area contributed by atoms with Crippen molar-refractivity contribution < 1.29 is 22.4 Å². The highest BCUT2D eigenvalue weighted by molar-refractivity contribution is 7.92. The maximum atomic E-state index is 13.5. The lowest BCUT2D eigenvalue weighted by Crippen LogP contribution is -2.51. The predicted molar refractivity (Wildman–Crippen MR) is 149 cm³/mol. The van der Waals surface area contributed by atoms with Crippen LogP contribution in [-0.4, -0.2) is 50.0 Å². The van der Waals surface area contributed by atoms with Crippen molar-refractivity contribution in [2.45, 2.75) is 70.5 Å². The first-order valence-electron chi connectivity index (χ1n) is 12.8. The van der Waals surface area contributed by atoms with Crippen LogP contribution >= 0.6 is 23.2 Å². The fraction of sp³-hybridized carbons (Fsp3) is 0.481. The molecule has 208 valence electrons. The highest BCUT2D eigenvalue weighted by Gasteiger charge is 2.31. The second kappa shape index (κ2) is 13.6. The summed E-state index contributed by atoms with van der Waals surface area (Å²) >= 11 is 12.4. The minimum atomic E-state index is -3.66. The summed E-state index contributed by atoms with van der Waals surface area (Å²) in [5.41, 5.74) is 0.967. The van der Waals surface area contributed by atoms with Gasteiger partial charge in [-0.25, -0.2) is 12.8 Å². The van der Waals surface area contributed by atoms with E-state index in [-0.39, 0.29) is 43.8 Å². The second-order valence-electron chi connectivity index (χ2n) is 9.59. The highest BCUT2D eigenvalue weighted by atomic mass is 35.5. The molecule has 0 saturated heterocycles. The Bertz CT molecular complexity index is 1220. The van der Waals surface area contributed by atoms with Crippen molar-refractivity contribution in [3.63, 3.8) is 0 Å². The molecule has 3 rings (SSSR count). The topological polar surface area (TPSA) is 86.8 Å². The Morgan fingerprint density at radius 1 is 1.11 bits per heavy atom. The predicted octanol–water partition coefficient (Wildman–Crippen LogP) is 5.54. The van der Waals surface area contributed by atoms with E-state index < -0.39 is 21.9 Å². The Balaban J connectivity index is 1.78. The van der Waals surface area contributed by atoms with Crippen LogP contribution in [0.4, 0.5) is 10.1 Å². The van der Waals surface area contributed by atoms with Crippen molar-refractivity contribution in [2.24, 2.45) is 0 Å². The number of amides is 2. The number of nitrogens with zero attached hydrogens (tertiary/aromatic N) is 2. The van der Waals surface area contributed by atoms with Gasteiger partial charge in [0, 0.05) is 35.6 Å². The average Bonchev–Trinajstić information content (AvgIpc) is 3.36. The lowest BCUT2D eigenvalue weighted by atomic mass is 10.1. The van der Waals surface area contributed by atoms with E-state index in [0.29, 0.717) is 27.7 Å². The van der Waals surface area contributed by atoms with Gasteiger partial charge in [0.25, 0.3) is 0 Å². The molecular weight excluding hydrogens is 552 g/mol. The molecule has 0 spiro atoms. The summed E-state index contributed by atoms with van der Waals surface area (Å²) in [5, 5.41) is 3.94. The van der Waals surface area contributed by atoms with E-state index in [1.54, 1.807) is 18.2 Å². The van der Waals surface area contributed by atoms with Crippen molar-refractivity contribution in [1.29, 1.82) is 0 Å². The van der Waals surface area contributed by atoms with Crippen LogP contribution in [0.15, 0.2) is 42.5 Å². The van der Waals surface area contributed by atoms with Crippen LogP contribution in [0.2, 0.25) is 10.0 Å². The zero-order chi connectivity index (χ0) is 27.9. The van der Waals surface area contributed by atoms with E-state index in [2.05, 4.69) is 5.32 Å². The zero-order valence-electron chi connectivity index (χ0n) is 21.6. The number of rotatable bonds is 12. The van der Waals surface area contributed by atoms with Gasteiger partial charge in [-0.2, -0.15) is 0 Å². The van der Waals surface area contributed by atoms with Gasteiger partial charge in [-0.1, -0.05) is 49.0 Å². The number of carbonyl (C=O) groups excluding carboxylic acids is 2. The zero-order valence-corrected chi connectivity index (χ0v) is 24.0. The molecule has 0 unspecified atom stereocenters. The maximum Gasteiger partial charge on any atom is 0.243 e. The summed E-state index contributed by atoms with van der Waals surface area (Å²) in [6.45, 7) is 1.98. The number of anilines is 1. The van der Waals surface area contributed by atoms with Crippen LogP contribution < -0.4 is 9.62 Å². The van der Waals surface area contributed by atoms with Crippen molar-refractivity contribution in [2.75, 3.05) is 17.1 Å². The van der Waals surface area contributed by atoms with Gasteiger partial charge in [-0.05, 0) is 67.6 Å². The monoisotopic (exact) mass is 585 g/mol. The summed E-state index contributed by atoms with van der Waals surface area (Å²) in [6.07, 6.45) is 5.65. The van der Waals surface area contributed by atoms with Gasteiger partial charge in [0.1, 0.15) is 11.9 Å². The fourth-order valence-corrected chi connectivity index (χ4v) is 6.17. The van der Waals surface area contributed by atoms with Crippen LogP contribution in [0.5, 0.6) is 0 Å². The Kier molecular flexibility index (Phi) is 10.8. The summed E-state index contributed by atoms with van der Waals surface area (Å²) in [7, 11) is -3.66. The molecular formula is C27H34Cl2FN3O4S. The van der Waals surface area contributed by atoms with E-state index in [1.165, 1.54) is 29.2 Å². The van der Waals surface area contributed by atoms with E-state index in [0.717, 1.165) is 36.2 Å². The number of sulfonamides is 1. The Labute approximate surface area is 234 Å². The van der Waals surface area contributed by atoms with E-state index in [1.807, 2.05) is 6.92 Å². The van der Waals surface area contributed by atoms with E-state index in [4.69, 9.17) is 23.2 Å². The third-order valence-corrected chi connectivity index (χ3v) is 8.49. The van der Waals surface area contributed by atoms with Gasteiger partial charge in [0.15, 0.2) is 0 Å². The molecule has 1 N–H and O–H groups in total. The standard InChI is InChI=1S/C27H34Cl2FN3O4S/c1-3-25(27(35)31-22-7-4-5-8-22)32(18-19-10-11-20(28)17-24(19)29)26(34)9-6-16-33(38(2,36)37)23-14-12-21(30)13-15-23/h10-15,17,22,25H,3-9,16,18H2,1-2H3,(H,31,35)/t25-/m0/s1. The molecule has 0 aliphatic heterocycles. The maximum absolute atomic E-state index is 13.5. The number of hydrogen-bond donors (Lipinski definition) is 1. The van der Waals surface area contributed by atoms with Gasteiger partial charge in [0.05, 0.1) is 11.9 Å². The van der Waals surface area contributed by atoms with Crippen LogP contribution in [0.25, 0.3) is 0 Å². The SMILES string of the molecule is CC[C@@H](C(=O)NC1CCCC1)N(Cc1ccc(Cl)cc1Cl)C(=O)CCCN(c1ccc(F)cc1)S(C)(=O)=O. The molecule has 38 heavy (non-hydrogen) atoms. The molecule has 7 nitrogen and oxygen atoms in total. The molecule has 0 bridgehead atoms. The highest BCUT2D eigenvalue weighted by Crippen LogP contribution is 2.25. The van der Waals surface area contributed by atoms with Crippen molar-refractivity contribution in [1.82, 2.24) is 10.2 Å². The normalized spacial score (nSPS) is 14.8. The van der Waals surface area contributed by atoms with Gasteiger partial charge in [-0.3, -0.25) is 13.9 Å². The first kappa shape index (κ1) is 30.2. The molecule has 2 aromatic carbocycles. The fourth-order valence-electron chi connectivity index (χ4n) is 4.73. The molecule has 1 fully saturated rings. The first-order chi connectivity index (χ1) is 18.0. The van der Waals surface area contributed by atoms with E-state index in [9.17, 15) is 22.4 Å². The van der Waals surface area contributed by atoms with Crippen molar-refractivity contribution >= 4 is 50.7 Å². The Morgan fingerprint density at radius 3 is 2.34 bits per heavy atom. The second-order valence-corrected chi connectivity index (χ2v) is 12.3. The minimum absolute atomic E-state index is 0.00559. The van der Waals surface area contributed by atoms with Gasteiger partial charge < -0.3 is 10.2 Å². The molecule has 2 aromatic rings. The molecule has 1 aliphatic carbocycles. The number of carbonyl (C=O) groups is 2. The number of hydrogen-bond acceptors (Lipinski definition) is 4. The average molecular weight is 587 g/mol. The summed E-state index contributed by atoms with van der Waals surface area (Å²) in [4.78, 5) is 28.3. The number of nitrogens with one attached hydrogen (secondary N) is 1. The summed E-state index contributed by atoms with van der Waals surface area (Å²) in [5.74, 6) is -0.978. The molecule has 1 saturated carbocycles. The molecule has 0 aromatic heterocycles. The van der Waals surface area contributed by atoms with Crippen LogP contribution in [0.3, 0.4) is 0 Å².